The number of aliphatic hydroxyl groups excluding tert-OH is 1. The van der Waals surface area contributed by atoms with E-state index in [1.54, 1.807) is 13.1 Å². The zero-order valence-electron chi connectivity index (χ0n) is 10.1. The lowest BCUT2D eigenvalue weighted by Gasteiger charge is -2.11. The standard InChI is InChI=1S/C13H13BrN2OS/c1-8-5-6-15-13(16-8)18-12-7-10(14)3-4-11(12)9(2)17/h3-7,9,17H,1-2H3. The Kier molecular flexibility index (Phi) is 4.37. The molecule has 0 radical (unpaired) electrons. The number of aliphatic hydroxyl groups is 1. The summed E-state index contributed by atoms with van der Waals surface area (Å²) in [4.78, 5) is 9.54. The largest absolute Gasteiger partial charge is 0.389 e. The van der Waals surface area contributed by atoms with Gasteiger partial charge in [0.05, 0.1) is 6.10 Å². The molecule has 1 atom stereocenters. The van der Waals surface area contributed by atoms with E-state index >= 15 is 0 Å². The molecule has 0 fully saturated rings. The molecular weight excluding hydrogens is 312 g/mol. The SMILES string of the molecule is Cc1ccnc(Sc2cc(Br)ccc2C(C)O)n1. The minimum atomic E-state index is -0.509. The third-order valence-corrected chi connectivity index (χ3v) is 3.85. The third-order valence-electron chi connectivity index (χ3n) is 2.40. The van der Waals surface area contributed by atoms with Crippen LogP contribution in [0.3, 0.4) is 0 Å². The number of aryl methyl sites for hydroxylation is 1. The summed E-state index contributed by atoms with van der Waals surface area (Å²) >= 11 is 4.90. The highest BCUT2D eigenvalue weighted by Crippen LogP contribution is 2.33. The first kappa shape index (κ1) is 13.5. The minimum absolute atomic E-state index is 0.509. The first-order valence-corrected chi connectivity index (χ1v) is 7.12. The average Bonchev–Trinajstić information content (AvgIpc) is 2.28. The second-order valence-electron chi connectivity index (χ2n) is 3.94. The van der Waals surface area contributed by atoms with Crippen LogP contribution in [0.4, 0.5) is 0 Å². The quantitative estimate of drug-likeness (QED) is 0.873. The van der Waals surface area contributed by atoms with Gasteiger partial charge in [0.1, 0.15) is 0 Å². The molecule has 2 rings (SSSR count). The maximum Gasteiger partial charge on any atom is 0.192 e. The van der Waals surface area contributed by atoms with Gasteiger partial charge in [0.2, 0.25) is 0 Å². The number of rotatable bonds is 3. The van der Waals surface area contributed by atoms with Crippen LogP contribution in [-0.4, -0.2) is 15.1 Å². The van der Waals surface area contributed by atoms with Gasteiger partial charge in [0.15, 0.2) is 5.16 Å². The van der Waals surface area contributed by atoms with Crippen molar-refractivity contribution in [1.82, 2.24) is 9.97 Å². The summed E-state index contributed by atoms with van der Waals surface area (Å²) in [5.41, 5.74) is 1.81. The van der Waals surface area contributed by atoms with Crippen LogP contribution in [0.25, 0.3) is 0 Å². The van der Waals surface area contributed by atoms with Crippen LogP contribution in [0.2, 0.25) is 0 Å². The number of nitrogens with zero attached hydrogens (tertiary/aromatic N) is 2. The van der Waals surface area contributed by atoms with Gasteiger partial charge >= 0.3 is 0 Å². The Morgan fingerprint density at radius 1 is 1.33 bits per heavy atom. The van der Waals surface area contributed by atoms with Crippen molar-refractivity contribution in [2.45, 2.75) is 30.0 Å². The van der Waals surface area contributed by atoms with E-state index in [2.05, 4.69) is 25.9 Å². The second kappa shape index (κ2) is 5.82. The molecule has 0 saturated heterocycles. The van der Waals surface area contributed by atoms with Crippen molar-refractivity contribution in [2.75, 3.05) is 0 Å². The van der Waals surface area contributed by atoms with E-state index in [0.717, 1.165) is 20.6 Å². The van der Waals surface area contributed by atoms with Gasteiger partial charge in [-0.1, -0.05) is 22.0 Å². The molecule has 1 heterocycles. The van der Waals surface area contributed by atoms with Crippen LogP contribution in [0.15, 0.2) is 45.0 Å². The van der Waals surface area contributed by atoms with E-state index in [1.165, 1.54) is 11.8 Å². The van der Waals surface area contributed by atoms with Gasteiger partial charge in [-0.2, -0.15) is 0 Å². The zero-order valence-corrected chi connectivity index (χ0v) is 12.5. The predicted octanol–water partition coefficient (Wildman–Crippen LogP) is 3.75. The van der Waals surface area contributed by atoms with Gasteiger partial charge in [-0.3, -0.25) is 0 Å². The lowest BCUT2D eigenvalue weighted by Crippen LogP contribution is -1.95. The molecule has 2 aromatic rings. The summed E-state index contributed by atoms with van der Waals surface area (Å²) in [6.07, 6.45) is 1.23. The number of benzene rings is 1. The molecule has 0 amide bonds. The van der Waals surface area contributed by atoms with Crippen molar-refractivity contribution in [1.29, 1.82) is 0 Å². The van der Waals surface area contributed by atoms with E-state index in [4.69, 9.17) is 0 Å². The van der Waals surface area contributed by atoms with Gasteiger partial charge in [0.25, 0.3) is 0 Å². The summed E-state index contributed by atoms with van der Waals surface area (Å²) in [7, 11) is 0. The van der Waals surface area contributed by atoms with E-state index in [-0.39, 0.29) is 0 Å². The Balaban J connectivity index is 2.36. The molecule has 1 aromatic carbocycles. The smallest absolute Gasteiger partial charge is 0.192 e. The third kappa shape index (κ3) is 3.31. The highest BCUT2D eigenvalue weighted by atomic mass is 79.9. The topological polar surface area (TPSA) is 46.0 Å². The number of halogens is 1. The summed E-state index contributed by atoms with van der Waals surface area (Å²) in [6.45, 7) is 3.69. The first-order valence-electron chi connectivity index (χ1n) is 5.51. The van der Waals surface area contributed by atoms with Gasteiger partial charge in [-0.15, -0.1) is 0 Å². The maximum atomic E-state index is 9.76. The Labute approximate surface area is 119 Å². The molecule has 0 bridgehead atoms. The fraction of sp³-hybridized carbons (Fsp3) is 0.231. The maximum absolute atomic E-state index is 9.76. The molecule has 1 N–H and O–H groups in total. The Morgan fingerprint density at radius 3 is 2.78 bits per heavy atom. The number of aromatic nitrogens is 2. The van der Waals surface area contributed by atoms with Crippen molar-refractivity contribution in [2.24, 2.45) is 0 Å². The van der Waals surface area contributed by atoms with Crippen LogP contribution in [-0.2, 0) is 0 Å². The molecule has 94 valence electrons. The summed E-state index contributed by atoms with van der Waals surface area (Å²) in [6, 6.07) is 7.66. The predicted molar refractivity (Wildman–Crippen MR) is 75.7 cm³/mol. The average molecular weight is 325 g/mol. The Hall–Kier alpha value is -0.910. The van der Waals surface area contributed by atoms with Crippen molar-refractivity contribution < 1.29 is 5.11 Å². The molecule has 1 aromatic heterocycles. The van der Waals surface area contributed by atoms with Crippen LogP contribution in [0, 0.1) is 6.92 Å². The van der Waals surface area contributed by atoms with Crippen molar-refractivity contribution in [3.63, 3.8) is 0 Å². The fourth-order valence-corrected chi connectivity index (χ4v) is 3.07. The van der Waals surface area contributed by atoms with Crippen LogP contribution in [0.1, 0.15) is 24.3 Å². The fourth-order valence-electron chi connectivity index (χ4n) is 1.52. The van der Waals surface area contributed by atoms with E-state index in [1.807, 2.05) is 31.2 Å². The summed E-state index contributed by atoms with van der Waals surface area (Å²) < 4.78 is 0.974. The lowest BCUT2D eigenvalue weighted by molar-refractivity contribution is 0.196. The summed E-state index contributed by atoms with van der Waals surface area (Å²) in [5, 5.41) is 10.4. The van der Waals surface area contributed by atoms with E-state index < -0.39 is 6.10 Å². The Bertz CT molecular complexity index is 560. The van der Waals surface area contributed by atoms with E-state index in [9.17, 15) is 5.11 Å². The molecule has 5 heteroatoms. The minimum Gasteiger partial charge on any atom is -0.389 e. The lowest BCUT2D eigenvalue weighted by atomic mass is 10.1. The molecule has 0 aliphatic rings. The molecule has 0 saturated carbocycles. The normalized spacial score (nSPS) is 12.4. The molecule has 0 aliphatic carbocycles. The molecule has 0 spiro atoms. The van der Waals surface area contributed by atoms with Crippen LogP contribution in [0.5, 0.6) is 0 Å². The van der Waals surface area contributed by atoms with Crippen molar-refractivity contribution >= 4 is 27.7 Å². The summed E-state index contributed by atoms with van der Waals surface area (Å²) in [5.74, 6) is 0. The zero-order chi connectivity index (χ0) is 13.1. The first-order chi connectivity index (χ1) is 8.56. The van der Waals surface area contributed by atoms with Gasteiger partial charge in [-0.05, 0) is 49.4 Å². The molecule has 0 aliphatic heterocycles. The monoisotopic (exact) mass is 324 g/mol. The van der Waals surface area contributed by atoms with E-state index in [0.29, 0.717) is 5.16 Å². The Morgan fingerprint density at radius 2 is 2.11 bits per heavy atom. The molecular formula is C13H13BrN2OS. The second-order valence-corrected chi connectivity index (χ2v) is 5.87. The highest BCUT2D eigenvalue weighted by molar-refractivity contribution is 9.10. The number of hydrogen-bond acceptors (Lipinski definition) is 4. The van der Waals surface area contributed by atoms with Gasteiger partial charge in [-0.25, -0.2) is 9.97 Å². The van der Waals surface area contributed by atoms with Gasteiger partial charge < -0.3 is 5.11 Å². The van der Waals surface area contributed by atoms with Crippen molar-refractivity contribution in [3.8, 4) is 0 Å². The van der Waals surface area contributed by atoms with Gasteiger partial charge in [0, 0.05) is 21.3 Å². The van der Waals surface area contributed by atoms with Crippen molar-refractivity contribution in [3.05, 3.63) is 46.2 Å². The molecule has 3 nitrogen and oxygen atoms in total. The molecule has 18 heavy (non-hydrogen) atoms. The van der Waals surface area contributed by atoms with Crippen LogP contribution < -0.4 is 0 Å². The molecule has 1 unspecified atom stereocenters. The van der Waals surface area contributed by atoms with Crippen LogP contribution >= 0.6 is 27.7 Å². The number of hydrogen-bond donors (Lipinski definition) is 1. The highest BCUT2D eigenvalue weighted by Gasteiger charge is 2.11.